The average Bonchev–Trinajstić information content (AvgIpc) is 2.37. The molecule has 100 valence electrons. The van der Waals surface area contributed by atoms with Gasteiger partial charge in [-0.05, 0) is 38.5 Å². The van der Waals surface area contributed by atoms with E-state index in [2.05, 4.69) is 23.0 Å². The first kappa shape index (κ1) is 13.5. The predicted molar refractivity (Wildman–Crippen MR) is 74.9 cm³/mol. The van der Waals surface area contributed by atoms with Crippen LogP contribution in [0.15, 0.2) is 24.3 Å². The normalized spacial score (nSPS) is 10.5. The van der Waals surface area contributed by atoms with Crippen molar-refractivity contribution in [3.05, 3.63) is 52.6 Å². The summed E-state index contributed by atoms with van der Waals surface area (Å²) in [7, 11) is 0. The van der Waals surface area contributed by atoms with Gasteiger partial charge in [0.2, 0.25) is 0 Å². The second kappa shape index (κ2) is 5.80. The summed E-state index contributed by atoms with van der Waals surface area (Å²) in [6.45, 7) is 6.80. The average molecular weight is 257 g/mol. The highest BCUT2D eigenvalue weighted by atomic mass is 16.5. The zero-order chi connectivity index (χ0) is 13.8. The maximum absolute atomic E-state index is 5.77. The third kappa shape index (κ3) is 3.51. The monoisotopic (exact) mass is 257 g/mol. The summed E-state index contributed by atoms with van der Waals surface area (Å²) in [6, 6.07) is 7.99. The molecule has 0 unspecified atom stereocenters. The highest BCUT2D eigenvalue weighted by Crippen LogP contribution is 2.19. The van der Waals surface area contributed by atoms with Crippen molar-refractivity contribution in [2.24, 2.45) is 5.73 Å². The summed E-state index contributed by atoms with van der Waals surface area (Å²) in [4.78, 5) is 8.71. The molecule has 0 saturated heterocycles. The van der Waals surface area contributed by atoms with Crippen LogP contribution in [0.2, 0.25) is 0 Å². The van der Waals surface area contributed by atoms with Gasteiger partial charge in [0.15, 0.2) is 5.82 Å². The highest BCUT2D eigenvalue weighted by molar-refractivity contribution is 5.35. The number of ether oxygens (including phenoxy) is 1. The van der Waals surface area contributed by atoms with Gasteiger partial charge in [0.1, 0.15) is 12.4 Å². The Balaban J connectivity index is 2.12. The van der Waals surface area contributed by atoms with E-state index in [0.717, 1.165) is 22.7 Å². The summed E-state index contributed by atoms with van der Waals surface area (Å²) in [5.74, 6) is 1.53. The number of rotatable bonds is 4. The van der Waals surface area contributed by atoms with Crippen molar-refractivity contribution in [1.82, 2.24) is 9.97 Å². The minimum Gasteiger partial charge on any atom is -0.485 e. The lowest BCUT2D eigenvalue weighted by molar-refractivity contribution is 0.293. The van der Waals surface area contributed by atoms with Gasteiger partial charge in [0, 0.05) is 12.2 Å². The molecule has 0 aliphatic carbocycles. The lowest BCUT2D eigenvalue weighted by Crippen LogP contribution is -2.08. The molecular weight excluding hydrogens is 238 g/mol. The first-order chi connectivity index (χ1) is 9.08. The lowest BCUT2D eigenvalue weighted by Gasteiger charge is -2.10. The van der Waals surface area contributed by atoms with Crippen molar-refractivity contribution in [1.29, 1.82) is 0 Å². The van der Waals surface area contributed by atoms with Crippen LogP contribution in [-0.2, 0) is 13.2 Å². The molecule has 0 atom stereocenters. The smallest absolute Gasteiger partial charge is 0.166 e. The summed E-state index contributed by atoms with van der Waals surface area (Å²) in [5, 5.41) is 0. The molecule has 2 N–H and O–H groups in total. The number of aromatic nitrogens is 2. The maximum atomic E-state index is 5.77. The molecule has 0 radical (unpaired) electrons. The molecule has 2 rings (SSSR count). The third-order valence-electron chi connectivity index (χ3n) is 2.85. The Bertz CT molecular complexity index is 582. The van der Waals surface area contributed by atoms with E-state index in [-0.39, 0.29) is 0 Å². The van der Waals surface area contributed by atoms with Crippen LogP contribution in [0.1, 0.15) is 28.3 Å². The van der Waals surface area contributed by atoms with Gasteiger partial charge in [-0.15, -0.1) is 0 Å². The van der Waals surface area contributed by atoms with Crippen molar-refractivity contribution >= 4 is 0 Å². The van der Waals surface area contributed by atoms with E-state index in [0.29, 0.717) is 19.0 Å². The zero-order valence-electron chi connectivity index (χ0n) is 11.6. The Morgan fingerprint density at radius 1 is 1.11 bits per heavy atom. The molecule has 4 nitrogen and oxygen atoms in total. The van der Waals surface area contributed by atoms with Gasteiger partial charge in [0.25, 0.3) is 0 Å². The maximum Gasteiger partial charge on any atom is 0.166 e. The molecule has 0 spiro atoms. The Morgan fingerprint density at radius 2 is 1.89 bits per heavy atom. The molecule has 1 heterocycles. The van der Waals surface area contributed by atoms with Crippen LogP contribution in [0, 0.1) is 20.8 Å². The first-order valence-electron chi connectivity index (χ1n) is 6.32. The number of benzene rings is 1. The standard InChI is InChI=1S/C15H19N3O/c1-10-4-5-14(11(2)6-10)19-9-15-17-12(3)7-13(8-16)18-15/h4-7H,8-9,16H2,1-3H3. The summed E-state index contributed by atoms with van der Waals surface area (Å²) < 4.78 is 5.77. The van der Waals surface area contributed by atoms with E-state index in [9.17, 15) is 0 Å². The Morgan fingerprint density at radius 3 is 2.58 bits per heavy atom. The molecule has 0 saturated carbocycles. The Hall–Kier alpha value is -1.94. The van der Waals surface area contributed by atoms with Gasteiger partial charge in [-0.2, -0.15) is 0 Å². The fraction of sp³-hybridized carbons (Fsp3) is 0.333. The van der Waals surface area contributed by atoms with Crippen LogP contribution in [-0.4, -0.2) is 9.97 Å². The molecule has 1 aromatic heterocycles. The van der Waals surface area contributed by atoms with Crippen LogP contribution in [0.4, 0.5) is 0 Å². The van der Waals surface area contributed by atoms with Crippen molar-refractivity contribution in [3.63, 3.8) is 0 Å². The van der Waals surface area contributed by atoms with E-state index >= 15 is 0 Å². The van der Waals surface area contributed by atoms with Gasteiger partial charge >= 0.3 is 0 Å². The summed E-state index contributed by atoms with van der Waals surface area (Å²) in [6.07, 6.45) is 0. The SMILES string of the molecule is Cc1ccc(OCc2nc(C)cc(CN)n2)c(C)c1. The number of hydrogen-bond acceptors (Lipinski definition) is 4. The molecule has 19 heavy (non-hydrogen) atoms. The van der Waals surface area contributed by atoms with Gasteiger partial charge < -0.3 is 10.5 Å². The molecule has 4 heteroatoms. The van der Waals surface area contributed by atoms with Gasteiger partial charge in [-0.25, -0.2) is 9.97 Å². The molecule has 2 aromatic rings. The highest BCUT2D eigenvalue weighted by Gasteiger charge is 2.04. The molecular formula is C15H19N3O. The van der Waals surface area contributed by atoms with Crippen molar-refractivity contribution in [2.75, 3.05) is 0 Å². The molecule has 0 amide bonds. The van der Waals surface area contributed by atoms with E-state index < -0.39 is 0 Å². The van der Waals surface area contributed by atoms with E-state index in [1.165, 1.54) is 5.56 Å². The predicted octanol–water partition coefficient (Wildman–Crippen LogP) is 2.44. The minimum absolute atomic E-state index is 0.360. The number of aryl methyl sites for hydroxylation is 3. The molecule has 0 aliphatic heterocycles. The molecule has 1 aromatic carbocycles. The third-order valence-corrected chi connectivity index (χ3v) is 2.85. The van der Waals surface area contributed by atoms with Crippen molar-refractivity contribution < 1.29 is 4.74 Å². The van der Waals surface area contributed by atoms with Crippen LogP contribution >= 0.6 is 0 Å². The lowest BCUT2D eigenvalue weighted by atomic mass is 10.1. The van der Waals surface area contributed by atoms with Crippen LogP contribution in [0.3, 0.4) is 0 Å². The zero-order valence-corrected chi connectivity index (χ0v) is 11.6. The molecule has 0 fully saturated rings. The fourth-order valence-corrected chi connectivity index (χ4v) is 1.97. The topological polar surface area (TPSA) is 61.0 Å². The molecule has 0 bridgehead atoms. The summed E-state index contributed by atoms with van der Waals surface area (Å²) in [5.41, 5.74) is 9.70. The van der Waals surface area contributed by atoms with E-state index in [1.54, 1.807) is 0 Å². The first-order valence-corrected chi connectivity index (χ1v) is 6.32. The van der Waals surface area contributed by atoms with Crippen molar-refractivity contribution in [3.8, 4) is 5.75 Å². The van der Waals surface area contributed by atoms with E-state index in [4.69, 9.17) is 10.5 Å². The van der Waals surface area contributed by atoms with Gasteiger partial charge in [0.05, 0.1) is 5.69 Å². The summed E-state index contributed by atoms with van der Waals surface area (Å²) >= 11 is 0. The Kier molecular flexibility index (Phi) is 4.12. The number of hydrogen-bond donors (Lipinski definition) is 1. The largest absolute Gasteiger partial charge is 0.485 e. The van der Waals surface area contributed by atoms with E-state index in [1.807, 2.05) is 32.0 Å². The van der Waals surface area contributed by atoms with Gasteiger partial charge in [-0.3, -0.25) is 0 Å². The minimum atomic E-state index is 0.360. The quantitative estimate of drug-likeness (QED) is 0.913. The number of nitrogens with zero attached hydrogens (tertiary/aromatic N) is 2. The second-order valence-electron chi connectivity index (χ2n) is 4.68. The van der Waals surface area contributed by atoms with Crippen molar-refractivity contribution in [2.45, 2.75) is 33.9 Å². The second-order valence-corrected chi connectivity index (χ2v) is 4.68. The Labute approximate surface area is 113 Å². The van der Waals surface area contributed by atoms with Gasteiger partial charge in [-0.1, -0.05) is 17.7 Å². The molecule has 0 aliphatic rings. The fourth-order valence-electron chi connectivity index (χ4n) is 1.97. The van der Waals surface area contributed by atoms with Crippen LogP contribution in [0.5, 0.6) is 5.75 Å². The number of nitrogens with two attached hydrogens (primary N) is 1. The van der Waals surface area contributed by atoms with Crippen LogP contribution in [0.25, 0.3) is 0 Å². The van der Waals surface area contributed by atoms with Crippen LogP contribution < -0.4 is 10.5 Å².